The van der Waals surface area contributed by atoms with Gasteiger partial charge in [-0.05, 0) is 41.0 Å². The highest BCUT2D eigenvalue weighted by atomic mass is 32.1. The second-order valence-corrected chi connectivity index (χ2v) is 8.75. The predicted octanol–water partition coefficient (Wildman–Crippen LogP) is 7.35. The Balaban J connectivity index is 0.00000148. The maximum absolute atomic E-state index is 12.9. The Morgan fingerprint density at radius 1 is 0.806 bits per heavy atom. The number of thiol groups is 1. The zero-order chi connectivity index (χ0) is 25.5. The van der Waals surface area contributed by atoms with E-state index >= 15 is 0 Å². The molecule has 1 saturated heterocycles. The molecule has 5 rings (SSSR count). The van der Waals surface area contributed by atoms with Crippen molar-refractivity contribution in [2.75, 3.05) is 12.0 Å². The van der Waals surface area contributed by atoms with Crippen molar-refractivity contribution in [2.24, 2.45) is 0 Å². The van der Waals surface area contributed by atoms with Gasteiger partial charge in [0.25, 0.3) is 0 Å². The molecule has 1 amide bonds. The first-order valence-corrected chi connectivity index (χ1v) is 12.7. The summed E-state index contributed by atoms with van der Waals surface area (Å²) in [7, 11) is 1.63. The van der Waals surface area contributed by atoms with Crippen molar-refractivity contribution < 1.29 is 14.3 Å². The third-order valence-electron chi connectivity index (χ3n) is 6.10. The summed E-state index contributed by atoms with van der Waals surface area (Å²) in [5.74, 6) is 1.36. The molecule has 0 N–H and O–H groups in total. The smallest absolute Gasteiger partial charge is 0.242 e. The summed E-state index contributed by atoms with van der Waals surface area (Å²) in [5.41, 5.74) is 5.05. The number of rotatable bonds is 7. The number of carbonyl (C=O) groups excluding carboxylic acids is 1. The minimum Gasteiger partial charge on any atom is -0.497 e. The molecule has 5 heteroatoms. The zero-order valence-corrected chi connectivity index (χ0v) is 21.7. The van der Waals surface area contributed by atoms with Crippen molar-refractivity contribution in [3.63, 3.8) is 0 Å². The molecular weight excluding hydrogens is 466 g/mol. The molecule has 0 aromatic heterocycles. The van der Waals surface area contributed by atoms with E-state index in [9.17, 15) is 4.79 Å². The number of hydrogen-bond donors (Lipinski definition) is 1. The molecule has 1 fully saturated rings. The van der Waals surface area contributed by atoms with Crippen LogP contribution in [0.3, 0.4) is 0 Å². The maximum Gasteiger partial charge on any atom is 0.242 e. The van der Waals surface area contributed by atoms with Gasteiger partial charge < -0.3 is 14.4 Å². The molecule has 2 atom stereocenters. The summed E-state index contributed by atoms with van der Waals surface area (Å²) in [5, 5.41) is -0.443. The fourth-order valence-electron chi connectivity index (χ4n) is 4.26. The van der Waals surface area contributed by atoms with Gasteiger partial charge >= 0.3 is 0 Å². The van der Waals surface area contributed by atoms with Gasteiger partial charge in [-0.3, -0.25) is 4.79 Å². The molecule has 2 unspecified atom stereocenters. The van der Waals surface area contributed by atoms with E-state index in [-0.39, 0.29) is 11.9 Å². The average Bonchev–Trinajstić information content (AvgIpc) is 2.96. The van der Waals surface area contributed by atoms with Gasteiger partial charge in [-0.2, -0.15) is 12.6 Å². The van der Waals surface area contributed by atoms with Crippen molar-refractivity contribution in [3.05, 3.63) is 114 Å². The normalized spacial score (nSPS) is 16.4. The predicted molar refractivity (Wildman–Crippen MR) is 150 cm³/mol. The Kier molecular flexibility index (Phi) is 8.34. The fourth-order valence-corrected chi connectivity index (χ4v) is 4.68. The number of amides is 1. The number of carbonyl (C=O) groups is 1. The van der Waals surface area contributed by atoms with Crippen LogP contribution in [0.25, 0.3) is 11.1 Å². The minimum absolute atomic E-state index is 0.0226. The number of nitrogens with zero attached hydrogens (tertiary/aromatic N) is 1. The summed E-state index contributed by atoms with van der Waals surface area (Å²) in [6.07, 6.45) is 0. The van der Waals surface area contributed by atoms with Crippen LogP contribution in [0.5, 0.6) is 11.5 Å². The van der Waals surface area contributed by atoms with Gasteiger partial charge in [-0.15, -0.1) is 0 Å². The largest absolute Gasteiger partial charge is 0.497 e. The Hall–Kier alpha value is -3.70. The Morgan fingerprint density at radius 3 is 2.06 bits per heavy atom. The van der Waals surface area contributed by atoms with E-state index in [1.54, 1.807) is 12.0 Å². The van der Waals surface area contributed by atoms with Crippen LogP contribution in [0, 0.1) is 0 Å². The monoisotopic (exact) mass is 497 g/mol. The van der Waals surface area contributed by atoms with Crippen LogP contribution in [0.15, 0.2) is 103 Å². The molecule has 4 nitrogen and oxygen atoms in total. The fraction of sp³-hybridized carbons (Fsp3) is 0.194. The van der Waals surface area contributed by atoms with E-state index in [0.29, 0.717) is 18.1 Å². The topological polar surface area (TPSA) is 38.8 Å². The molecular formula is C31H31NO3S. The quantitative estimate of drug-likeness (QED) is 0.214. The van der Waals surface area contributed by atoms with Crippen LogP contribution in [0.2, 0.25) is 0 Å². The molecule has 1 aliphatic heterocycles. The highest BCUT2D eigenvalue weighted by Gasteiger charge is 2.48. The van der Waals surface area contributed by atoms with E-state index < -0.39 is 5.25 Å². The molecule has 4 aromatic rings. The van der Waals surface area contributed by atoms with E-state index in [4.69, 9.17) is 9.47 Å². The SMILES string of the molecule is CC.COc1ccc(C2C(S)C(=O)N2c2ccc(-c3ccccc3)cc2)c(OCc2ccccc2)c1. The van der Waals surface area contributed by atoms with Gasteiger partial charge in [0.1, 0.15) is 23.4 Å². The zero-order valence-electron chi connectivity index (χ0n) is 20.8. The van der Waals surface area contributed by atoms with Crippen LogP contribution in [0.1, 0.15) is 31.0 Å². The molecule has 0 saturated carbocycles. The number of methoxy groups -OCH3 is 1. The Labute approximate surface area is 218 Å². The standard InChI is InChI=1S/C29H25NO3S.C2H6/c1-32-24-16-17-25(26(18-24)33-19-20-8-4-2-5-9-20)27-28(34)29(31)30(27)23-14-12-22(13-15-23)21-10-6-3-7-11-21;1-2/h2-18,27-28,34H,19H2,1H3;1-2H3. The van der Waals surface area contributed by atoms with Crippen molar-refractivity contribution in [1.29, 1.82) is 0 Å². The van der Waals surface area contributed by atoms with Crippen LogP contribution < -0.4 is 14.4 Å². The molecule has 0 aliphatic carbocycles. The van der Waals surface area contributed by atoms with Gasteiger partial charge in [-0.1, -0.05) is 86.6 Å². The second kappa shape index (κ2) is 11.8. The average molecular weight is 498 g/mol. The van der Waals surface area contributed by atoms with Crippen molar-refractivity contribution >= 4 is 24.2 Å². The number of benzene rings is 4. The van der Waals surface area contributed by atoms with Crippen molar-refractivity contribution in [2.45, 2.75) is 31.7 Å². The van der Waals surface area contributed by atoms with Crippen molar-refractivity contribution in [1.82, 2.24) is 0 Å². The Morgan fingerprint density at radius 2 is 1.42 bits per heavy atom. The molecule has 36 heavy (non-hydrogen) atoms. The Bertz CT molecular complexity index is 1280. The third kappa shape index (κ3) is 5.26. The summed E-state index contributed by atoms with van der Waals surface area (Å²) < 4.78 is 11.6. The maximum atomic E-state index is 12.9. The summed E-state index contributed by atoms with van der Waals surface area (Å²) >= 11 is 4.63. The highest BCUT2D eigenvalue weighted by Crippen LogP contribution is 2.46. The lowest BCUT2D eigenvalue weighted by atomic mass is 9.91. The van der Waals surface area contributed by atoms with Crippen molar-refractivity contribution in [3.8, 4) is 22.6 Å². The summed E-state index contributed by atoms with van der Waals surface area (Å²) in [4.78, 5) is 14.7. The lowest BCUT2D eigenvalue weighted by Gasteiger charge is -2.45. The van der Waals surface area contributed by atoms with Gasteiger partial charge in [0.15, 0.2) is 0 Å². The highest BCUT2D eigenvalue weighted by molar-refractivity contribution is 7.82. The summed E-state index contributed by atoms with van der Waals surface area (Å²) in [6.45, 7) is 4.42. The van der Waals surface area contributed by atoms with E-state index in [1.807, 2.05) is 105 Å². The van der Waals surface area contributed by atoms with Crippen LogP contribution in [0.4, 0.5) is 5.69 Å². The van der Waals surface area contributed by atoms with Gasteiger partial charge in [0.05, 0.1) is 13.2 Å². The molecule has 1 heterocycles. The van der Waals surface area contributed by atoms with Crippen LogP contribution in [-0.2, 0) is 11.4 Å². The van der Waals surface area contributed by atoms with Gasteiger partial charge in [-0.25, -0.2) is 0 Å². The molecule has 184 valence electrons. The van der Waals surface area contributed by atoms with E-state index in [0.717, 1.165) is 27.9 Å². The lowest BCUT2D eigenvalue weighted by molar-refractivity contribution is -0.123. The lowest BCUT2D eigenvalue weighted by Crippen LogP contribution is -2.56. The number of anilines is 1. The van der Waals surface area contributed by atoms with E-state index in [2.05, 4.69) is 24.8 Å². The molecule has 1 aliphatic rings. The molecule has 4 aromatic carbocycles. The first kappa shape index (κ1) is 25.4. The molecule has 0 bridgehead atoms. The van der Waals surface area contributed by atoms with E-state index in [1.165, 1.54) is 0 Å². The first-order chi connectivity index (χ1) is 17.7. The van der Waals surface area contributed by atoms with Crippen LogP contribution in [-0.4, -0.2) is 18.3 Å². The van der Waals surface area contributed by atoms with Crippen LogP contribution >= 0.6 is 12.6 Å². The first-order valence-electron chi connectivity index (χ1n) is 12.2. The summed E-state index contributed by atoms with van der Waals surface area (Å²) in [6, 6.07) is 33.7. The molecule has 0 spiro atoms. The van der Waals surface area contributed by atoms with Gasteiger partial charge in [0.2, 0.25) is 5.91 Å². The molecule has 0 radical (unpaired) electrons. The minimum atomic E-state index is -0.443. The number of β-lactam (4-membered cyclic amide) rings is 1. The number of hydrogen-bond acceptors (Lipinski definition) is 4. The third-order valence-corrected chi connectivity index (χ3v) is 6.60. The van der Waals surface area contributed by atoms with Gasteiger partial charge in [0, 0.05) is 17.3 Å². The second-order valence-electron chi connectivity index (χ2n) is 8.19. The number of ether oxygens (including phenoxy) is 2.